The fraction of sp³-hybridized carbons (Fsp3) is 0.368. The molecule has 2 aromatic carbocycles. The minimum absolute atomic E-state index is 0.517. The van der Waals surface area contributed by atoms with E-state index in [0.717, 1.165) is 6.54 Å². The highest BCUT2D eigenvalue weighted by molar-refractivity contribution is 5.59. The molecule has 104 valence electrons. The lowest BCUT2D eigenvalue weighted by molar-refractivity contribution is 0.339. The van der Waals surface area contributed by atoms with E-state index in [1.807, 2.05) is 0 Å². The Kier molecular flexibility index (Phi) is 3.52. The van der Waals surface area contributed by atoms with Crippen LogP contribution in [0.25, 0.3) is 0 Å². The second kappa shape index (κ2) is 5.32. The standard InChI is InChI=1S/C19H23N/c1-14(2)17-13-20(3)18-12-8-7-11-16(18)19(17)15-9-5-4-6-10-15/h4-12,14,17,19H,13H2,1-3H3. The summed E-state index contributed by atoms with van der Waals surface area (Å²) in [5, 5.41) is 0. The lowest BCUT2D eigenvalue weighted by Gasteiger charge is -2.41. The molecule has 0 aliphatic carbocycles. The minimum atomic E-state index is 0.517. The fourth-order valence-corrected chi connectivity index (χ4v) is 3.53. The van der Waals surface area contributed by atoms with Crippen LogP contribution in [0.4, 0.5) is 5.69 Å². The van der Waals surface area contributed by atoms with Crippen molar-refractivity contribution >= 4 is 5.69 Å². The summed E-state index contributed by atoms with van der Waals surface area (Å²) >= 11 is 0. The quantitative estimate of drug-likeness (QED) is 0.770. The first-order chi connectivity index (χ1) is 9.68. The van der Waals surface area contributed by atoms with Gasteiger partial charge < -0.3 is 4.90 Å². The number of fused-ring (bicyclic) bond motifs is 1. The molecule has 3 rings (SSSR count). The number of hydrogen-bond acceptors (Lipinski definition) is 1. The largest absolute Gasteiger partial charge is 0.374 e. The molecule has 0 bridgehead atoms. The zero-order valence-corrected chi connectivity index (χ0v) is 12.6. The molecule has 0 aromatic heterocycles. The van der Waals surface area contributed by atoms with Gasteiger partial charge in [0, 0.05) is 25.2 Å². The van der Waals surface area contributed by atoms with E-state index in [-0.39, 0.29) is 0 Å². The van der Waals surface area contributed by atoms with Gasteiger partial charge in [0.2, 0.25) is 0 Å². The van der Waals surface area contributed by atoms with Gasteiger partial charge in [-0.05, 0) is 29.0 Å². The third kappa shape index (κ3) is 2.22. The molecule has 2 atom stereocenters. The minimum Gasteiger partial charge on any atom is -0.374 e. The van der Waals surface area contributed by atoms with Crippen LogP contribution < -0.4 is 4.90 Å². The van der Waals surface area contributed by atoms with Crippen LogP contribution in [-0.2, 0) is 0 Å². The average molecular weight is 265 g/mol. The molecular weight excluding hydrogens is 242 g/mol. The molecule has 0 saturated heterocycles. The van der Waals surface area contributed by atoms with Crippen LogP contribution in [0.2, 0.25) is 0 Å². The average Bonchev–Trinajstić information content (AvgIpc) is 2.48. The summed E-state index contributed by atoms with van der Waals surface area (Å²) < 4.78 is 0. The molecule has 0 radical (unpaired) electrons. The van der Waals surface area contributed by atoms with E-state index in [0.29, 0.717) is 17.8 Å². The maximum atomic E-state index is 2.42. The molecular formula is C19H23N. The maximum absolute atomic E-state index is 2.42. The van der Waals surface area contributed by atoms with Crippen LogP contribution in [0, 0.1) is 11.8 Å². The number of benzene rings is 2. The van der Waals surface area contributed by atoms with E-state index in [2.05, 4.69) is 80.4 Å². The fourth-order valence-electron chi connectivity index (χ4n) is 3.53. The van der Waals surface area contributed by atoms with Gasteiger partial charge in [0.05, 0.1) is 0 Å². The summed E-state index contributed by atoms with van der Waals surface area (Å²) in [4.78, 5) is 2.42. The van der Waals surface area contributed by atoms with E-state index < -0.39 is 0 Å². The number of para-hydroxylation sites is 1. The van der Waals surface area contributed by atoms with Crippen LogP contribution in [0.5, 0.6) is 0 Å². The Morgan fingerprint density at radius 2 is 1.60 bits per heavy atom. The number of hydrogen-bond donors (Lipinski definition) is 0. The lowest BCUT2D eigenvalue weighted by Crippen LogP contribution is -2.38. The van der Waals surface area contributed by atoms with Gasteiger partial charge in [0.15, 0.2) is 0 Å². The highest BCUT2D eigenvalue weighted by atomic mass is 15.1. The zero-order valence-electron chi connectivity index (χ0n) is 12.6. The second-order valence-corrected chi connectivity index (χ2v) is 6.24. The van der Waals surface area contributed by atoms with Gasteiger partial charge >= 0.3 is 0 Å². The van der Waals surface area contributed by atoms with Crippen molar-refractivity contribution < 1.29 is 0 Å². The predicted octanol–water partition coefficient (Wildman–Crippen LogP) is 4.54. The van der Waals surface area contributed by atoms with Crippen molar-refractivity contribution in [1.29, 1.82) is 0 Å². The summed E-state index contributed by atoms with van der Waals surface area (Å²) in [6.07, 6.45) is 0. The van der Waals surface area contributed by atoms with E-state index in [9.17, 15) is 0 Å². The van der Waals surface area contributed by atoms with Gasteiger partial charge in [-0.1, -0.05) is 62.4 Å². The Labute approximate surface area is 122 Å². The molecule has 1 heterocycles. The number of anilines is 1. The molecule has 0 saturated carbocycles. The van der Waals surface area contributed by atoms with Gasteiger partial charge in [0.25, 0.3) is 0 Å². The molecule has 1 aliphatic rings. The van der Waals surface area contributed by atoms with Crippen molar-refractivity contribution in [2.24, 2.45) is 11.8 Å². The Morgan fingerprint density at radius 1 is 0.950 bits per heavy atom. The molecule has 0 N–H and O–H groups in total. The van der Waals surface area contributed by atoms with Crippen molar-refractivity contribution in [3.05, 3.63) is 65.7 Å². The van der Waals surface area contributed by atoms with Crippen molar-refractivity contribution in [2.45, 2.75) is 19.8 Å². The van der Waals surface area contributed by atoms with Crippen molar-refractivity contribution in [3.8, 4) is 0 Å². The molecule has 1 nitrogen and oxygen atoms in total. The van der Waals surface area contributed by atoms with Gasteiger partial charge in [-0.25, -0.2) is 0 Å². The van der Waals surface area contributed by atoms with Crippen LogP contribution in [-0.4, -0.2) is 13.6 Å². The molecule has 2 unspecified atom stereocenters. The Balaban J connectivity index is 2.14. The van der Waals surface area contributed by atoms with Crippen molar-refractivity contribution in [2.75, 3.05) is 18.5 Å². The van der Waals surface area contributed by atoms with Gasteiger partial charge in [-0.3, -0.25) is 0 Å². The SMILES string of the molecule is CC(C)C1CN(C)c2ccccc2C1c1ccccc1. The number of rotatable bonds is 2. The third-order valence-electron chi connectivity index (χ3n) is 4.61. The predicted molar refractivity (Wildman–Crippen MR) is 86.3 cm³/mol. The first-order valence-corrected chi connectivity index (χ1v) is 7.53. The molecule has 0 fully saturated rings. The normalized spacial score (nSPS) is 21.9. The van der Waals surface area contributed by atoms with Crippen LogP contribution in [0.3, 0.4) is 0 Å². The molecule has 2 aromatic rings. The molecule has 1 heteroatoms. The lowest BCUT2D eigenvalue weighted by atomic mass is 9.72. The Hall–Kier alpha value is -1.76. The summed E-state index contributed by atoms with van der Waals surface area (Å²) in [5.41, 5.74) is 4.32. The van der Waals surface area contributed by atoms with E-state index >= 15 is 0 Å². The smallest absolute Gasteiger partial charge is 0.0402 e. The van der Waals surface area contributed by atoms with Gasteiger partial charge in [-0.2, -0.15) is 0 Å². The van der Waals surface area contributed by atoms with Gasteiger partial charge in [0.1, 0.15) is 0 Å². The Morgan fingerprint density at radius 3 is 2.30 bits per heavy atom. The third-order valence-corrected chi connectivity index (χ3v) is 4.61. The molecule has 1 aliphatic heterocycles. The number of nitrogens with zero attached hydrogens (tertiary/aromatic N) is 1. The van der Waals surface area contributed by atoms with Crippen LogP contribution in [0.15, 0.2) is 54.6 Å². The van der Waals surface area contributed by atoms with Gasteiger partial charge in [-0.15, -0.1) is 0 Å². The Bertz CT molecular complexity index is 573. The zero-order chi connectivity index (χ0) is 14.1. The van der Waals surface area contributed by atoms with E-state index in [4.69, 9.17) is 0 Å². The van der Waals surface area contributed by atoms with Crippen LogP contribution in [0.1, 0.15) is 30.9 Å². The maximum Gasteiger partial charge on any atom is 0.0402 e. The topological polar surface area (TPSA) is 3.24 Å². The highest BCUT2D eigenvalue weighted by Gasteiger charge is 2.34. The summed E-state index contributed by atoms with van der Waals surface area (Å²) in [7, 11) is 2.22. The first-order valence-electron chi connectivity index (χ1n) is 7.53. The summed E-state index contributed by atoms with van der Waals surface area (Å²) in [5.74, 6) is 1.86. The second-order valence-electron chi connectivity index (χ2n) is 6.24. The van der Waals surface area contributed by atoms with Crippen LogP contribution >= 0.6 is 0 Å². The van der Waals surface area contributed by atoms with Crippen molar-refractivity contribution in [3.63, 3.8) is 0 Å². The summed E-state index contributed by atoms with van der Waals surface area (Å²) in [6.45, 7) is 5.83. The van der Waals surface area contributed by atoms with E-state index in [1.165, 1.54) is 16.8 Å². The molecule has 0 amide bonds. The molecule has 0 spiro atoms. The van der Waals surface area contributed by atoms with E-state index in [1.54, 1.807) is 0 Å². The summed E-state index contributed by atoms with van der Waals surface area (Å²) in [6, 6.07) is 19.9. The monoisotopic (exact) mass is 265 g/mol. The first kappa shape index (κ1) is 13.2. The van der Waals surface area contributed by atoms with Crippen molar-refractivity contribution in [1.82, 2.24) is 0 Å². The molecule has 20 heavy (non-hydrogen) atoms. The highest BCUT2D eigenvalue weighted by Crippen LogP contribution is 2.44.